The van der Waals surface area contributed by atoms with Gasteiger partial charge in [-0.15, -0.1) is 0 Å². The zero-order valence-corrected chi connectivity index (χ0v) is 21.6. The van der Waals surface area contributed by atoms with Crippen molar-refractivity contribution in [1.82, 2.24) is 4.90 Å². The average molecular weight is 501 g/mol. The summed E-state index contributed by atoms with van der Waals surface area (Å²) in [5.74, 6) is -0.235. The number of amides is 1. The van der Waals surface area contributed by atoms with E-state index in [1.54, 1.807) is 24.3 Å². The molecule has 0 saturated carbocycles. The van der Waals surface area contributed by atoms with Gasteiger partial charge >= 0.3 is 0 Å². The number of aliphatic hydroxyl groups excluding tert-OH is 1. The van der Waals surface area contributed by atoms with Crippen LogP contribution in [0.3, 0.4) is 0 Å². The molecule has 0 aromatic heterocycles. The summed E-state index contributed by atoms with van der Waals surface area (Å²) in [4.78, 5) is 30.2. The summed E-state index contributed by atoms with van der Waals surface area (Å²) in [6.45, 7) is 5.02. The Kier molecular flexibility index (Phi) is 7.82. The maximum absolute atomic E-state index is 13.4. The van der Waals surface area contributed by atoms with Gasteiger partial charge in [-0.25, -0.2) is 0 Å². The van der Waals surface area contributed by atoms with Gasteiger partial charge in [-0.1, -0.05) is 24.3 Å². The largest absolute Gasteiger partial charge is 0.507 e. The van der Waals surface area contributed by atoms with Crippen LogP contribution in [0.2, 0.25) is 0 Å². The van der Waals surface area contributed by atoms with Crippen molar-refractivity contribution in [2.24, 2.45) is 0 Å². The third-order valence-corrected chi connectivity index (χ3v) is 6.27. The molecule has 1 amide bonds. The molecule has 7 heteroatoms. The standard InChI is InChI=1S/C30H32N2O5/c1-5-36-24-16-12-22(13-17-24)28(33)26-27(21-10-14-23(15-11-21)31(3)4)32(30(35)29(26)34)19-20-8-7-9-25(18-20)37-6-2/h7-18,27,33H,5-6,19H2,1-4H3/b28-26-. The Morgan fingerprint density at radius 2 is 1.54 bits per heavy atom. The van der Waals surface area contributed by atoms with Gasteiger partial charge in [0.1, 0.15) is 17.3 Å². The Balaban J connectivity index is 1.80. The molecule has 0 spiro atoms. The monoisotopic (exact) mass is 500 g/mol. The van der Waals surface area contributed by atoms with E-state index in [4.69, 9.17) is 9.47 Å². The van der Waals surface area contributed by atoms with E-state index in [0.717, 1.165) is 16.8 Å². The van der Waals surface area contributed by atoms with Gasteiger partial charge in [0, 0.05) is 31.9 Å². The van der Waals surface area contributed by atoms with Crippen LogP contribution < -0.4 is 14.4 Å². The van der Waals surface area contributed by atoms with Crippen LogP contribution >= 0.6 is 0 Å². The van der Waals surface area contributed by atoms with Crippen LogP contribution in [0, 0.1) is 0 Å². The molecule has 0 radical (unpaired) electrons. The average Bonchev–Trinajstić information content (AvgIpc) is 3.14. The Morgan fingerprint density at radius 1 is 0.892 bits per heavy atom. The maximum atomic E-state index is 13.4. The molecule has 1 saturated heterocycles. The topological polar surface area (TPSA) is 79.3 Å². The van der Waals surface area contributed by atoms with Crippen molar-refractivity contribution in [3.63, 3.8) is 0 Å². The molecule has 7 nitrogen and oxygen atoms in total. The summed E-state index contributed by atoms with van der Waals surface area (Å²) in [7, 11) is 3.89. The highest BCUT2D eigenvalue weighted by Gasteiger charge is 2.46. The maximum Gasteiger partial charge on any atom is 0.295 e. The fourth-order valence-corrected chi connectivity index (χ4v) is 4.47. The zero-order chi connectivity index (χ0) is 26.5. The molecule has 0 bridgehead atoms. The van der Waals surface area contributed by atoms with Gasteiger partial charge in [0.2, 0.25) is 0 Å². The van der Waals surface area contributed by atoms with Crippen LogP contribution in [0.15, 0.2) is 78.4 Å². The van der Waals surface area contributed by atoms with Crippen LogP contribution in [0.4, 0.5) is 5.69 Å². The van der Waals surface area contributed by atoms with E-state index >= 15 is 0 Å². The minimum atomic E-state index is -0.751. The van der Waals surface area contributed by atoms with E-state index < -0.39 is 17.7 Å². The molecule has 37 heavy (non-hydrogen) atoms. The highest BCUT2D eigenvalue weighted by Crippen LogP contribution is 2.41. The number of carbonyl (C=O) groups is 2. The summed E-state index contributed by atoms with van der Waals surface area (Å²) in [5.41, 5.74) is 3.04. The number of ether oxygens (including phenoxy) is 2. The Labute approximate surface area is 217 Å². The van der Waals surface area contributed by atoms with Crippen molar-refractivity contribution >= 4 is 23.1 Å². The number of anilines is 1. The quantitative estimate of drug-likeness (QED) is 0.248. The van der Waals surface area contributed by atoms with Gasteiger partial charge in [0.05, 0.1) is 24.8 Å². The lowest BCUT2D eigenvalue weighted by Gasteiger charge is -2.26. The van der Waals surface area contributed by atoms with E-state index in [1.165, 1.54) is 4.90 Å². The molecule has 192 valence electrons. The third-order valence-electron chi connectivity index (χ3n) is 6.27. The number of nitrogens with zero attached hydrogens (tertiary/aromatic N) is 2. The molecule has 1 heterocycles. The zero-order valence-electron chi connectivity index (χ0n) is 21.6. The smallest absolute Gasteiger partial charge is 0.295 e. The van der Waals surface area contributed by atoms with Crippen LogP contribution in [-0.2, 0) is 16.1 Å². The first-order valence-electron chi connectivity index (χ1n) is 12.3. The molecule has 0 aliphatic carbocycles. The van der Waals surface area contributed by atoms with Crippen LogP contribution in [-0.4, -0.2) is 49.0 Å². The molecular formula is C30H32N2O5. The van der Waals surface area contributed by atoms with Gasteiger partial charge in [0.15, 0.2) is 0 Å². The summed E-state index contributed by atoms with van der Waals surface area (Å²) in [6.07, 6.45) is 0. The number of hydrogen-bond donors (Lipinski definition) is 1. The lowest BCUT2D eigenvalue weighted by molar-refractivity contribution is -0.140. The molecule has 1 aliphatic rings. The van der Waals surface area contributed by atoms with Crippen LogP contribution in [0.5, 0.6) is 11.5 Å². The molecule has 4 rings (SSSR count). The van der Waals surface area contributed by atoms with Crippen molar-refractivity contribution in [1.29, 1.82) is 0 Å². The predicted molar refractivity (Wildman–Crippen MR) is 144 cm³/mol. The Bertz CT molecular complexity index is 1300. The van der Waals surface area contributed by atoms with Crippen molar-refractivity contribution in [2.45, 2.75) is 26.4 Å². The van der Waals surface area contributed by atoms with Gasteiger partial charge < -0.3 is 24.4 Å². The molecule has 1 fully saturated rings. The number of aliphatic hydroxyl groups is 1. The van der Waals surface area contributed by atoms with Crippen LogP contribution in [0.1, 0.15) is 36.6 Å². The molecule has 3 aromatic rings. The number of benzene rings is 3. The summed E-state index contributed by atoms with van der Waals surface area (Å²) in [5, 5.41) is 11.3. The van der Waals surface area contributed by atoms with Crippen molar-refractivity contribution in [2.75, 3.05) is 32.2 Å². The molecule has 1 atom stereocenters. The van der Waals surface area contributed by atoms with E-state index in [1.807, 2.05) is 81.4 Å². The fraction of sp³-hybridized carbons (Fsp3) is 0.267. The summed E-state index contributed by atoms with van der Waals surface area (Å²) < 4.78 is 11.1. The number of Topliss-reactive ketones (excluding diaryl/α,β-unsaturated/α-hetero) is 1. The van der Waals surface area contributed by atoms with Gasteiger partial charge in [-0.3, -0.25) is 9.59 Å². The second-order valence-electron chi connectivity index (χ2n) is 8.95. The van der Waals surface area contributed by atoms with Crippen molar-refractivity contribution < 1.29 is 24.2 Å². The number of ketones is 1. The van der Waals surface area contributed by atoms with E-state index in [9.17, 15) is 14.7 Å². The number of carbonyl (C=O) groups excluding carboxylic acids is 2. The molecule has 1 aliphatic heterocycles. The molecule has 1 unspecified atom stereocenters. The van der Waals surface area contributed by atoms with E-state index in [0.29, 0.717) is 30.3 Å². The number of hydrogen-bond acceptors (Lipinski definition) is 6. The summed E-state index contributed by atoms with van der Waals surface area (Å²) in [6, 6.07) is 21.2. The highest BCUT2D eigenvalue weighted by molar-refractivity contribution is 6.46. The predicted octanol–water partition coefficient (Wildman–Crippen LogP) is 5.17. The van der Waals surface area contributed by atoms with E-state index in [-0.39, 0.29) is 17.9 Å². The molecule has 3 aromatic carbocycles. The Morgan fingerprint density at radius 3 is 2.16 bits per heavy atom. The normalized spacial score (nSPS) is 16.6. The minimum absolute atomic E-state index is 0.0627. The third kappa shape index (κ3) is 5.45. The molecular weight excluding hydrogens is 468 g/mol. The second kappa shape index (κ2) is 11.2. The van der Waals surface area contributed by atoms with Gasteiger partial charge in [-0.2, -0.15) is 0 Å². The Hall–Kier alpha value is -4.26. The van der Waals surface area contributed by atoms with Crippen molar-refractivity contribution in [3.8, 4) is 11.5 Å². The first-order valence-corrected chi connectivity index (χ1v) is 12.3. The lowest BCUT2D eigenvalue weighted by Crippen LogP contribution is -2.29. The van der Waals surface area contributed by atoms with Crippen molar-refractivity contribution in [3.05, 3.63) is 95.1 Å². The molecule has 1 N–H and O–H groups in total. The second-order valence-corrected chi connectivity index (χ2v) is 8.95. The van der Waals surface area contributed by atoms with Gasteiger partial charge in [-0.05, 0) is 73.5 Å². The fourth-order valence-electron chi connectivity index (χ4n) is 4.47. The summed E-state index contributed by atoms with van der Waals surface area (Å²) >= 11 is 0. The van der Waals surface area contributed by atoms with Crippen LogP contribution in [0.25, 0.3) is 5.76 Å². The number of rotatable bonds is 9. The first-order chi connectivity index (χ1) is 17.8. The first kappa shape index (κ1) is 25.8. The SMILES string of the molecule is CCOc1ccc(/C(O)=C2/C(=O)C(=O)N(Cc3cccc(OCC)c3)C2c2ccc(N(C)C)cc2)cc1. The van der Waals surface area contributed by atoms with E-state index in [2.05, 4.69) is 0 Å². The minimum Gasteiger partial charge on any atom is -0.507 e. The lowest BCUT2D eigenvalue weighted by atomic mass is 9.95. The van der Waals surface area contributed by atoms with Gasteiger partial charge in [0.25, 0.3) is 11.7 Å². The highest BCUT2D eigenvalue weighted by atomic mass is 16.5. The number of likely N-dealkylation sites (tertiary alicyclic amines) is 1.